The Labute approximate surface area is 150 Å². The number of cyclic esters (lactones) is 2. The van der Waals surface area contributed by atoms with Gasteiger partial charge in [-0.15, -0.1) is 0 Å². The average Bonchev–Trinajstić information content (AvgIpc) is 2.57. The van der Waals surface area contributed by atoms with Crippen molar-refractivity contribution in [2.24, 2.45) is 0 Å². The van der Waals surface area contributed by atoms with Gasteiger partial charge in [0, 0.05) is 25.0 Å². The highest BCUT2D eigenvalue weighted by molar-refractivity contribution is 6.19. The number of halogens is 1. The third-order valence-electron chi connectivity index (χ3n) is 3.55. The van der Waals surface area contributed by atoms with E-state index in [1.807, 2.05) is 30.3 Å². The van der Waals surface area contributed by atoms with Gasteiger partial charge < -0.3 is 9.47 Å². The number of carbonyl (C=O) groups excluding carboxylic acids is 2. The minimum Gasteiger partial charge on any atom is -0.419 e. The molecule has 0 amide bonds. The van der Waals surface area contributed by atoms with Crippen molar-refractivity contribution in [3.05, 3.63) is 76.6 Å². The van der Waals surface area contributed by atoms with Crippen LogP contribution < -0.4 is 0 Å². The molecule has 0 aliphatic carbocycles. The fourth-order valence-electron chi connectivity index (χ4n) is 2.36. The lowest BCUT2D eigenvalue weighted by atomic mass is 10.0. The third-order valence-corrected chi connectivity index (χ3v) is 3.55. The molecule has 2 aromatic carbocycles. The van der Waals surface area contributed by atoms with E-state index < -0.39 is 23.5 Å². The molecule has 0 radical (unpaired) electrons. The average molecular weight is 350 g/mol. The standard InChI is InChI=1S/C21H15FO4/c1-21(2)25-19(23)18(20(24)26-21)13-16-10-11-17(22)12-15(16)9-8-14-6-4-3-5-7-14/h3-7,10-13H,1-2H3. The van der Waals surface area contributed by atoms with E-state index in [1.54, 1.807) is 0 Å². The molecule has 0 saturated carbocycles. The van der Waals surface area contributed by atoms with Gasteiger partial charge in [0.25, 0.3) is 5.79 Å². The molecule has 26 heavy (non-hydrogen) atoms. The molecule has 0 N–H and O–H groups in total. The smallest absolute Gasteiger partial charge is 0.348 e. The summed E-state index contributed by atoms with van der Waals surface area (Å²) in [6.07, 6.45) is 1.30. The van der Waals surface area contributed by atoms with E-state index in [0.29, 0.717) is 11.1 Å². The summed E-state index contributed by atoms with van der Waals surface area (Å²) >= 11 is 0. The normalized spacial score (nSPS) is 15.4. The van der Waals surface area contributed by atoms with Gasteiger partial charge >= 0.3 is 11.9 Å². The molecule has 1 saturated heterocycles. The maximum absolute atomic E-state index is 13.6. The second kappa shape index (κ2) is 6.85. The van der Waals surface area contributed by atoms with E-state index in [2.05, 4.69) is 11.8 Å². The summed E-state index contributed by atoms with van der Waals surface area (Å²) in [7, 11) is 0. The number of rotatable bonds is 1. The lowest BCUT2D eigenvalue weighted by molar-refractivity contribution is -0.222. The van der Waals surface area contributed by atoms with Gasteiger partial charge in [-0.2, -0.15) is 0 Å². The van der Waals surface area contributed by atoms with Crippen LogP contribution in [0.4, 0.5) is 4.39 Å². The summed E-state index contributed by atoms with van der Waals surface area (Å²) in [5.41, 5.74) is 1.25. The zero-order chi connectivity index (χ0) is 18.7. The summed E-state index contributed by atoms with van der Waals surface area (Å²) in [6.45, 7) is 2.93. The molecule has 0 bridgehead atoms. The molecule has 4 nitrogen and oxygen atoms in total. The molecule has 0 atom stereocenters. The number of hydrogen-bond donors (Lipinski definition) is 0. The van der Waals surface area contributed by atoms with Crippen molar-refractivity contribution in [1.82, 2.24) is 0 Å². The molecule has 0 aromatic heterocycles. The minimum atomic E-state index is -1.32. The fraction of sp³-hybridized carbons (Fsp3) is 0.143. The van der Waals surface area contributed by atoms with Crippen LogP contribution in [-0.4, -0.2) is 17.7 Å². The predicted octanol–water partition coefficient (Wildman–Crippen LogP) is 3.45. The van der Waals surface area contributed by atoms with E-state index in [0.717, 1.165) is 5.56 Å². The van der Waals surface area contributed by atoms with Crippen molar-refractivity contribution in [2.75, 3.05) is 0 Å². The summed E-state index contributed by atoms with van der Waals surface area (Å²) < 4.78 is 23.8. The Kier molecular flexibility index (Phi) is 4.59. The highest BCUT2D eigenvalue weighted by Crippen LogP contribution is 2.25. The fourth-order valence-corrected chi connectivity index (χ4v) is 2.36. The second-order valence-electron chi connectivity index (χ2n) is 6.08. The molecule has 3 rings (SSSR count). The molecule has 1 fully saturated rings. The Morgan fingerprint density at radius 1 is 0.962 bits per heavy atom. The summed E-state index contributed by atoms with van der Waals surface area (Å²) in [5, 5.41) is 0. The van der Waals surface area contributed by atoms with E-state index in [1.165, 1.54) is 38.1 Å². The first kappa shape index (κ1) is 17.4. The first-order valence-corrected chi connectivity index (χ1v) is 7.89. The van der Waals surface area contributed by atoms with E-state index >= 15 is 0 Å². The molecule has 1 heterocycles. The van der Waals surface area contributed by atoms with Gasteiger partial charge in [-0.25, -0.2) is 14.0 Å². The van der Waals surface area contributed by atoms with Gasteiger partial charge in [-0.3, -0.25) is 0 Å². The first-order valence-electron chi connectivity index (χ1n) is 7.89. The Hall–Kier alpha value is -3.39. The highest BCUT2D eigenvalue weighted by atomic mass is 19.1. The molecule has 2 aromatic rings. The van der Waals surface area contributed by atoms with Crippen molar-refractivity contribution in [3.63, 3.8) is 0 Å². The van der Waals surface area contributed by atoms with Gasteiger partial charge in [-0.1, -0.05) is 36.1 Å². The van der Waals surface area contributed by atoms with Gasteiger partial charge in [0.1, 0.15) is 11.4 Å². The van der Waals surface area contributed by atoms with Crippen molar-refractivity contribution < 1.29 is 23.5 Å². The van der Waals surface area contributed by atoms with Crippen molar-refractivity contribution in [1.29, 1.82) is 0 Å². The van der Waals surface area contributed by atoms with E-state index in [9.17, 15) is 14.0 Å². The molecule has 0 unspecified atom stereocenters. The maximum atomic E-state index is 13.6. The molecular formula is C21H15FO4. The highest BCUT2D eigenvalue weighted by Gasteiger charge is 2.38. The number of ether oxygens (including phenoxy) is 2. The molecule has 0 spiro atoms. The van der Waals surface area contributed by atoms with Gasteiger partial charge in [0.05, 0.1) is 0 Å². The number of carbonyl (C=O) groups is 2. The first-order chi connectivity index (χ1) is 12.3. The topological polar surface area (TPSA) is 52.6 Å². The van der Waals surface area contributed by atoms with E-state index in [-0.39, 0.29) is 5.57 Å². The van der Waals surface area contributed by atoms with Crippen molar-refractivity contribution in [3.8, 4) is 11.8 Å². The Bertz CT molecular complexity index is 940. The van der Waals surface area contributed by atoms with Gasteiger partial charge in [-0.05, 0) is 35.9 Å². The molecule has 5 heteroatoms. The van der Waals surface area contributed by atoms with Crippen LogP contribution in [0.1, 0.15) is 30.5 Å². The maximum Gasteiger partial charge on any atom is 0.348 e. The second-order valence-corrected chi connectivity index (χ2v) is 6.08. The zero-order valence-electron chi connectivity index (χ0n) is 14.2. The van der Waals surface area contributed by atoms with Crippen LogP contribution in [0.2, 0.25) is 0 Å². The largest absolute Gasteiger partial charge is 0.419 e. The van der Waals surface area contributed by atoms with Crippen LogP contribution in [-0.2, 0) is 19.1 Å². The van der Waals surface area contributed by atoms with Crippen LogP contribution in [0.25, 0.3) is 6.08 Å². The Morgan fingerprint density at radius 2 is 1.62 bits per heavy atom. The predicted molar refractivity (Wildman–Crippen MR) is 93.1 cm³/mol. The van der Waals surface area contributed by atoms with Crippen LogP contribution >= 0.6 is 0 Å². The van der Waals surface area contributed by atoms with E-state index in [4.69, 9.17) is 9.47 Å². The number of hydrogen-bond acceptors (Lipinski definition) is 4. The van der Waals surface area contributed by atoms with Crippen LogP contribution in [0.15, 0.2) is 54.1 Å². The van der Waals surface area contributed by atoms with Crippen molar-refractivity contribution >= 4 is 18.0 Å². The summed E-state index contributed by atoms with van der Waals surface area (Å²) in [6, 6.07) is 13.1. The summed E-state index contributed by atoms with van der Waals surface area (Å²) in [4.78, 5) is 24.2. The zero-order valence-corrected chi connectivity index (χ0v) is 14.2. The van der Waals surface area contributed by atoms with Crippen LogP contribution in [0.5, 0.6) is 0 Å². The lowest BCUT2D eigenvalue weighted by Gasteiger charge is -2.29. The number of benzene rings is 2. The van der Waals surface area contributed by atoms with Crippen LogP contribution in [0.3, 0.4) is 0 Å². The van der Waals surface area contributed by atoms with Gasteiger partial charge in [0.15, 0.2) is 0 Å². The Balaban J connectivity index is 2.00. The van der Waals surface area contributed by atoms with Gasteiger partial charge in [0.2, 0.25) is 0 Å². The van der Waals surface area contributed by atoms with Crippen LogP contribution in [0, 0.1) is 17.7 Å². The SMILES string of the molecule is CC1(C)OC(=O)C(=Cc2ccc(F)cc2C#Cc2ccccc2)C(=O)O1. The minimum absolute atomic E-state index is 0.265. The monoisotopic (exact) mass is 350 g/mol. The lowest BCUT2D eigenvalue weighted by Crippen LogP contribution is -2.41. The quantitative estimate of drug-likeness (QED) is 0.342. The molecule has 1 aliphatic rings. The molecule has 1 aliphatic heterocycles. The van der Waals surface area contributed by atoms with Crippen molar-refractivity contribution in [2.45, 2.75) is 19.6 Å². The molecule has 130 valence electrons. The number of esters is 2. The Morgan fingerprint density at radius 3 is 2.27 bits per heavy atom. The molecular weight excluding hydrogens is 335 g/mol. The third kappa shape index (κ3) is 3.98. The summed E-state index contributed by atoms with van der Waals surface area (Å²) in [5.74, 6) is 2.41.